The van der Waals surface area contributed by atoms with Crippen molar-refractivity contribution >= 4 is 57.9 Å². The normalized spacial score (nSPS) is 19.7. The van der Waals surface area contributed by atoms with Crippen molar-refractivity contribution in [3.05, 3.63) is 82.2 Å². The van der Waals surface area contributed by atoms with Crippen LogP contribution in [0.5, 0.6) is 11.5 Å². The van der Waals surface area contributed by atoms with Gasteiger partial charge in [-0.25, -0.2) is 9.59 Å². The van der Waals surface area contributed by atoms with Gasteiger partial charge in [-0.05, 0) is 63.3 Å². The Hall–Kier alpha value is -5.50. The maximum absolute atomic E-state index is 13.3. The van der Waals surface area contributed by atoms with Crippen LogP contribution in [-0.2, 0) is 16.0 Å². The van der Waals surface area contributed by atoms with Crippen LogP contribution >= 0.6 is 11.8 Å². The SMILES string of the molecule is CC1(C)CCc2c(cc(OCC(=O)Nc3ccc(NC(=O)CCCC[C@@H]4SC[C@@H]5NC(=O)N[C@@H]54)cc3C(N)=O)c3c(-c4ccccc4)cc(=O)oc23)O1. The molecular formula is C39H41N5O8S. The van der Waals surface area contributed by atoms with E-state index in [4.69, 9.17) is 19.6 Å². The number of primary amides is 1. The third kappa shape index (κ3) is 7.97. The zero-order valence-corrected chi connectivity index (χ0v) is 30.2. The molecule has 0 unspecified atom stereocenters. The fourth-order valence-electron chi connectivity index (χ4n) is 7.16. The molecule has 1 aromatic heterocycles. The fourth-order valence-corrected chi connectivity index (χ4v) is 8.71. The highest BCUT2D eigenvalue weighted by Crippen LogP contribution is 2.45. The van der Waals surface area contributed by atoms with E-state index in [9.17, 15) is 24.0 Å². The van der Waals surface area contributed by atoms with Gasteiger partial charge in [0.25, 0.3) is 11.8 Å². The molecule has 0 aliphatic carbocycles. The van der Waals surface area contributed by atoms with Crippen molar-refractivity contribution in [2.45, 2.75) is 75.3 Å². The second kappa shape index (κ2) is 14.9. The number of aryl methyl sites for hydroxylation is 1. The zero-order chi connectivity index (χ0) is 37.3. The molecule has 0 bridgehead atoms. The molecule has 4 aromatic rings. The first-order valence-corrected chi connectivity index (χ1v) is 18.7. The number of ether oxygens (including phenoxy) is 2. The summed E-state index contributed by atoms with van der Waals surface area (Å²) in [4.78, 5) is 62.9. The number of rotatable bonds is 12. The van der Waals surface area contributed by atoms with E-state index in [1.54, 1.807) is 12.1 Å². The number of nitrogens with one attached hydrogen (secondary N) is 4. The predicted octanol–water partition coefficient (Wildman–Crippen LogP) is 5.34. The molecule has 3 atom stereocenters. The second-order valence-electron chi connectivity index (χ2n) is 14.1. The Bertz CT molecular complexity index is 2150. The van der Waals surface area contributed by atoms with E-state index >= 15 is 0 Å². The maximum Gasteiger partial charge on any atom is 0.336 e. The first-order chi connectivity index (χ1) is 25.4. The maximum atomic E-state index is 13.3. The van der Waals surface area contributed by atoms with Gasteiger partial charge in [0, 0.05) is 46.4 Å². The number of hydrogen-bond acceptors (Lipinski definition) is 9. The van der Waals surface area contributed by atoms with Crippen LogP contribution in [0.4, 0.5) is 16.2 Å². The van der Waals surface area contributed by atoms with Crippen LogP contribution in [0.1, 0.15) is 61.9 Å². The molecule has 276 valence electrons. The molecule has 2 fully saturated rings. The molecule has 7 rings (SSSR count). The van der Waals surface area contributed by atoms with Gasteiger partial charge in [-0.3, -0.25) is 14.4 Å². The number of nitrogens with two attached hydrogens (primary N) is 1. The number of amides is 5. The number of urea groups is 1. The van der Waals surface area contributed by atoms with Gasteiger partial charge in [0.1, 0.15) is 22.7 Å². The predicted molar refractivity (Wildman–Crippen MR) is 203 cm³/mol. The molecular weight excluding hydrogens is 699 g/mol. The van der Waals surface area contributed by atoms with Gasteiger partial charge in [0.2, 0.25) is 5.91 Å². The van der Waals surface area contributed by atoms with Gasteiger partial charge in [-0.2, -0.15) is 11.8 Å². The van der Waals surface area contributed by atoms with Crippen molar-refractivity contribution < 1.29 is 33.1 Å². The molecule has 4 heterocycles. The van der Waals surface area contributed by atoms with Crippen LogP contribution < -0.4 is 42.1 Å². The molecule has 13 nitrogen and oxygen atoms in total. The Morgan fingerprint density at radius 2 is 1.81 bits per heavy atom. The number of hydrogen-bond donors (Lipinski definition) is 5. The highest BCUT2D eigenvalue weighted by molar-refractivity contribution is 8.00. The summed E-state index contributed by atoms with van der Waals surface area (Å²) < 4.78 is 18.1. The number of benzene rings is 3. The van der Waals surface area contributed by atoms with Crippen LogP contribution in [0.25, 0.3) is 22.1 Å². The van der Waals surface area contributed by atoms with E-state index in [2.05, 4.69) is 21.3 Å². The molecule has 6 N–H and O–H groups in total. The lowest BCUT2D eigenvalue weighted by Gasteiger charge is -2.33. The second-order valence-corrected chi connectivity index (χ2v) is 15.4. The van der Waals surface area contributed by atoms with Crippen LogP contribution in [0.15, 0.2) is 69.9 Å². The summed E-state index contributed by atoms with van der Waals surface area (Å²) in [6.07, 6.45) is 4.01. The van der Waals surface area contributed by atoms with E-state index in [-0.39, 0.29) is 47.4 Å². The molecule has 0 saturated carbocycles. The van der Waals surface area contributed by atoms with Crippen molar-refractivity contribution in [3.63, 3.8) is 0 Å². The van der Waals surface area contributed by atoms with Crippen LogP contribution in [-0.4, -0.2) is 59.0 Å². The van der Waals surface area contributed by atoms with E-state index < -0.39 is 29.6 Å². The van der Waals surface area contributed by atoms with E-state index in [1.807, 2.05) is 55.9 Å². The fraction of sp³-hybridized carbons (Fsp3) is 0.359. The van der Waals surface area contributed by atoms with Gasteiger partial charge in [0.05, 0.1) is 28.7 Å². The first-order valence-electron chi connectivity index (χ1n) is 17.7. The summed E-state index contributed by atoms with van der Waals surface area (Å²) in [5, 5.41) is 12.3. The Labute approximate surface area is 309 Å². The van der Waals surface area contributed by atoms with Crippen molar-refractivity contribution in [2.75, 3.05) is 23.0 Å². The van der Waals surface area contributed by atoms with Crippen molar-refractivity contribution in [1.82, 2.24) is 10.6 Å². The third-order valence-corrected chi connectivity index (χ3v) is 11.3. The van der Waals surface area contributed by atoms with E-state index in [0.717, 1.165) is 29.7 Å². The summed E-state index contributed by atoms with van der Waals surface area (Å²) in [6, 6.07) is 17.2. The average molecular weight is 740 g/mol. The molecule has 3 aliphatic rings. The summed E-state index contributed by atoms with van der Waals surface area (Å²) >= 11 is 1.84. The minimum atomic E-state index is -0.791. The van der Waals surface area contributed by atoms with E-state index in [0.29, 0.717) is 52.5 Å². The van der Waals surface area contributed by atoms with Crippen LogP contribution in [0.3, 0.4) is 0 Å². The average Bonchev–Trinajstić information content (AvgIpc) is 3.68. The summed E-state index contributed by atoms with van der Waals surface area (Å²) in [5.74, 6) is 0.102. The Balaban J connectivity index is 1.02. The van der Waals surface area contributed by atoms with E-state index in [1.165, 1.54) is 18.2 Å². The number of unbranched alkanes of at least 4 members (excludes halogenated alkanes) is 1. The van der Waals surface area contributed by atoms with Crippen LogP contribution in [0.2, 0.25) is 0 Å². The lowest BCUT2D eigenvalue weighted by atomic mass is 9.91. The molecule has 2 saturated heterocycles. The summed E-state index contributed by atoms with van der Waals surface area (Å²) in [6.45, 7) is 3.49. The molecule has 53 heavy (non-hydrogen) atoms. The Morgan fingerprint density at radius 1 is 1.00 bits per heavy atom. The first kappa shape index (κ1) is 35.9. The largest absolute Gasteiger partial charge is 0.487 e. The minimum absolute atomic E-state index is 0.0131. The summed E-state index contributed by atoms with van der Waals surface area (Å²) in [7, 11) is 0. The molecule has 14 heteroatoms. The van der Waals surface area contributed by atoms with Gasteiger partial charge < -0.3 is 40.9 Å². The standard InChI is InChI=1S/C39H41N5O8S/c1-39(2)15-14-23-28(52-39)18-29(34-24(17-33(47)51-36(23)34)21-8-4-3-5-9-21)50-19-32(46)42-26-13-12-22(16-25(26)37(40)48)41-31(45)11-7-6-10-30-35-27(20-53-30)43-38(49)44-35/h3-5,8-9,12-13,16-18,27,30,35H,6-7,10-11,14-15,19-20H2,1-2H3,(H2,40,48)(H,41,45)(H,42,46)(H2,43,44,49)/t27-,30-,35-/m0/s1. The number of carbonyl (C=O) groups is 4. The van der Waals surface area contributed by atoms with Crippen molar-refractivity contribution in [2.24, 2.45) is 5.73 Å². The topological polar surface area (TPSA) is 191 Å². The Kier molecular flexibility index (Phi) is 10.1. The highest BCUT2D eigenvalue weighted by Gasteiger charge is 2.42. The number of fused-ring (bicyclic) bond motifs is 4. The molecule has 3 aromatic carbocycles. The molecule has 0 radical (unpaired) electrons. The van der Waals surface area contributed by atoms with Crippen LogP contribution in [0, 0.1) is 0 Å². The van der Waals surface area contributed by atoms with Gasteiger partial charge in [0.15, 0.2) is 6.61 Å². The number of anilines is 2. The van der Waals surface area contributed by atoms with Crippen molar-refractivity contribution in [3.8, 4) is 22.6 Å². The van der Waals surface area contributed by atoms with Gasteiger partial charge in [-0.15, -0.1) is 0 Å². The third-order valence-electron chi connectivity index (χ3n) is 9.77. The molecule has 3 aliphatic heterocycles. The quantitative estimate of drug-likeness (QED) is 0.0725. The smallest absolute Gasteiger partial charge is 0.336 e. The lowest BCUT2D eigenvalue weighted by molar-refractivity contribution is -0.118. The van der Waals surface area contributed by atoms with Crippen molar-refractivity contribution in [1.29, 1.82) is 0 Å². The van der Waals surface area contributed by atoms with Gasteiger partial charge >= 0.3 is 11.7 Å². The monoisotopic (exact) mass is 739 g/mol. The molecule has 5 amide bonds. The Morgan fingerprint density at radius 3 is 2.60 bits per heavy atom. The minimum Gasteiger partial charge on any atom is -0.487 e. The number of thioether (sulfide) groups is 1. The number of carbonyl (C=O) groups excluding carboxylic acids is 4. The highest BCUT2D eigenvalue weighted by atomic mass is 32.2. The zero-order valence-electron chi connectivity index (χ0n) is 29.4. The molecule has 0 spiro atoms. The van der Waals surface area contributed by atoms with Gasteiger partial charge in [-0.1, -0.05) is 36.8 Å². The lowest BCUT2D eigenvalue weighted by Crippen LogP contribution is -2.36. The summed E-state index contributed by atoms with van der Waals surface area (Å²) in [5.41, 5.74) is 7.69.